The van der Waals surface area contributed by atoms with E-state index in [1.54, 1.807) is 19.1 Å². The standard InChI is InChI=1S/C12H16N2O3/c1-8(13)11(15)14-6-5-9-3-2-4-10(7-9)12(16)17/h2-4,7-8H,5-6,13H2,1H3,(H,14,15)(H,16,17). The van der Waals surface area contributed by atoms with Crippen LogP contribution in [0.25, 0.3) is 0 Å². The summed E-state index contributed by atoms with van der Waals surface area (Å²) in [6.45, 7) is 2.06. The van der Waals surface area contributed by atoms with Crippen molar-refractivity contribution in [1.82, 2.24) is 5.32 Å². The Morgan fingerprint density at radius 1 is 1.47 bits per heavy atom. The second-order valence-corrected chi connectivity index (χ2v) is 3.84. The third kappa shape index (κ3) is 4.24. The van der Waals surface area contributed by atoms with Crippen LogP contribution in [0.4, 0.5) is 0 Å². The fourth-order valence-electron chi connectivity index (χ4n) is 1.35. The van der Waals surface area contributed by atoms with Crippen LogP contribution in [0, 0.1) is 0 Å². The van der Waals surface area contributed by atoms with E-state index >= 15 is 0 Å². The van der Waals surface area contributed by atoms with Crippen molar-refractivity contribution in [2.24, 2.45) is 5.73 Å². The smallest absolute Gasteiger partial charge is 0.335 e. The Kier molecular flexibility index (Phi) is 4.66. The number of hydrogen-bond donors (Lipinski definition) is 3. The molecule has 0 spiro atoms. The Morgan fingerprint density at radius 3 is 2.76 bits per heavy atom. The highest BCUT2D eigenvalue weighted by Crippen LogP contribution is 2.05. The third-order valence-electron chi connectivity index (χ3n) is 2.30. The monoisotopic (exact) mass is 236 g/mol. The molecular weight excluding hydrogens is 220 g/mol. The zero-order valence-corrected chi connectivity index (χ0v) is 9.64. The molecule has 0 radical (unpaired) electrons. The molecule has 1 rings (SSSR count). The van der Waals surface area contributed by atoms with E-state index in [9.17, 15) is 9.59 Å². The number of nitrogens with two attached hydrogens (primary N) is 1. The van der Waals surface area contributed by atoms with Gasteiger partial charge in [-0.15, -0.1) is 0 Å². The number of carboxylic acid groups (broad SMARTS) is 1. The molecule has 0 aromatic heterocycles. The van der Waals surface area contributed by atoms with E-state index in [2.05, 4.69) is 5.32 Å². The minimum atomic E-state index is -0.952. The molecule has 0 aliphatic carbocycles. The van der Waals surface area contributed by atoms with Crippen LogP contribution in [0.5, 0.6) is 0 Å². The summed E-state index contributed by atoms with van der Waals surface area (Å²) in [6, 6.07) is 6.11. The normalized spacial score (nSPS) is 11.9. The van der Waals surface area contributed by atoms with Crippen molar-refractivity contribution in [2.75, 3.05) is 6.54 Å². The van der Waals surface area contributed by atoms with Gasteiger partial charge < -0.3 is 16.2 Å². The summed E-state index contributed by atoms with van der Waals surface area (Å²) in [4.78, 5) is 21.9. The lowest BCUT2D eigenvalue weighted by atomic mass is 10.1. The number of carboxylic acids is 1. The average molecular weight is 236 g/mol. The van der Waals surface area contributed by atoms with Gasteiger partial charge in [-0.3, -0.25) is 4.79 Å². The van der Waals surface area contributed by atoms with Gasteiger partial charge in [-0.25, -0.2) is 4.79 Å². The lowest BCUT2D eigenvalue weighted by Gasteiger charge is -2.07. The van der Waals surface area contributed by atoms with Crippen molar-refractivity contribution < 1.29 is 14.7 Å². The molecule has 1 atom stereocenters. The quantitative estimate of drug-likeness (QED) is 0.689. The molecule has 0 aliphatic heterocycles. The first-order valence-corrected chi connectivity index (χ1v) is 5.36. The van der Waals surface area contributed by atoms with Crippen molar-refractivity contribution in [3.05, 3.63) is 35.4 Å². The molecule has 0 aliphatic rings. The third-order valence-corrected chi connectivity index (χ3v) is 2.30. The highest BCUT2D eigenvalue weighted by atomic mass is 16.4. The van der Waals surface area contributed by atoms with Gasteiger partial charge in [0.1, 0.15) is 0 Å². The van der Waals surface area contributed by atoms with E-state index in [1.165, 1.54) is 6.07 Å². The minimum Gasteiger partial charge on any atom is -0.478 e. The number of hydrogen-bond acceptors (Lipinski definition) is 3. The molecule has 0 heterocycles. The maximum absolute atomic E-state index is 11.2. The minimum absolute atomic E-state index is 0.209. The molecule has 92 valence electrons. The van der Waals surface area contributed by atoms with Gasteiger partial charge in [0.25, 0.3) is 0 Å². The van der Waals surface area contributed by atoms with Gasteiger partial charge in [-0.05, 0) is 31.0 Å². The van der Waals surface area contributed by atoms with Crippen molar-refractivity contribution in [1.29, 1.82) is 0 Å². The number of nitrogens with one attached hydrogen (secondary N) is 1. The summed E-state index contributed by atoms with van der Waals surface area (Å²) in [7, 11) is 0. The van der Waals surface area contributed by atoms with Crippen LogP contribution in [-0.4, -0.2) is 29.6 Å². The summed E-state index contributed by atoms with van der Waals surface area (Å²) in [5, 5.41) is 11.5. The summed E-state index contributed by atoms with van der Waals surface area (Å²) >= 11 is 0. The molecule has 0 fully saturated rings. The molecule has 0 saturated heterocycles. The molecule has 1 aromatic rings. The number of amides is 1. The Hall–Kier alpha value is -1.88. The first-order chi connectivity index (χ1) is 8.00. The average Bonchev–Trinajstić information content (AvgIpc) is 2.29. The Labute approximate surface area is 99.6 Å². The maximum atomic E-state index is 11.2. The topological polar surface area (TPSA) is 92.4 Å². The zero-order chi connectivity index (χ0) is 12.8. The number of benzene rings is 1. The van der Waals surface area contributed by atoms with E-state index in [4.69, 9.17) is 10.8 Å². The second-order valence-electron chi connectivity index (χ2n) is 3.84. The Balaban J connectivity index is 2.50. The summed E-state index contributed by atoms with van der Waals surface area (Å²) in [6.07, 6.45) is 0.583. The Bertz CT molecular complexity index is 416. The van der Waals surface area contributed by atoms with Crippen LogP contribution in [0.1, 0.15) is 22.8 Å². The second kappa shape index (κ2) is 6.00. The van der Waals surface area contributed by atoms with Gasteiger partial charge in [-0.1, -0.05) is 12.1 Å². The number of rotatable bonds is 5. The number of carbonyl (C=O) groups is 2. The molecule has 1 aromatic carbocycles. The first-order valence-electron chi connectivity index (χ1n) is 5.36. The molecule has 1 unspecified atom stereocenters. The largest absolute Gasteiger partial charge is 0.478 e. The number of carbonyl (C=O) groups excluding carboxylic acids is 1. The van der Waals surface area contributed by atoms with Crippen LogP contribution in [0.2, 0.25) is 0 Å². The van der Waals surface area contributed by atoms with Crippen LogP contribution in [-0.2, 0) is 11.2 Å². The van der Waals surface area contributed by atoms with Gasteiger partial charge in [0, 0.05) is 6.54 Å². The van der Waals surface area contributed by atoms with E-state index in [-0.39, 0.29) is 11.5 Å². The van der Waals surface area contributed by atoms with Crippen LogP contribution < -0.4 is 11.1 Å². The van der Waals surface area contributed by atoms with Crippen LogP contribution >= 0.6 is 0 Å². The SMILES string of the molecule is CC(N)C(=O)NCCc1cccc(C(=O)O)c1. The molecule has 17 heavy (non-hydrogen) atoms. The van der Waals surface area contributed by atoms with E-state index in [1.807, 2.05) is 6.07 Å². The van der Waals surface area contributed by atoms with E-state index in [0.717, 1.165) is 5.56 Å². The van der Waals surface area contributed by atoms with E-state index in [0.29, 0.717) is 13.0 Å². The van der Waals surface area contributed by atoms with Gasteiger partial charge in [-0.2, -0.15) is 0 Å². The molecule has 0 saturated carbocycles. The van der Waals surface area contributed by atoms with Gasteiger partial charge >= 0.3 is 5.97 Å². The fraction of sp³-hybridized carbons (Fsp3) is 0.333. The van der Waals surface area contributed by atoms with Crippen LogP contribution in [0.3, 0.4) is 0 Å². The van der Waals surface area contributed by atoms with Crippen LogP contribution in [0.15, 0.2) is 24.3 Å². The lowest BCUT2D eigenvalue weighted by Crippen LogP contribution is -2.39. The summed E-state index contributed by atoms with van der Waals surface area (Å²) in [5.41, 5.74) is 6.51. The molecule has 5 nitrogen and oxygen atoms in total. The molecular formula is C12H16N2O3. The molecule has 1 amide bonds. The van der Waals surface area contributed by atoms with Crippen molar-refractivity contribution in [3.8, 4) is 0 Å². The van der Waals surface area contributed by atoms with Crippen molar-refractivity contribution in [3.63, 3.8) is 0 Å². The van der Waals surface area contributed by atoms with Gasteiger partial charge in [0.15, 0.2) is 0 Å². The van der Waals surface area contributed by atoms with Gasteiger partial charge in [0.05, 0.1) is 11.6 Å². The molecule has 4 N–H and O–H groups in total. The maximum Gasteiger partial charge on any atom is 0.335 e. The summed E-state index contributed by atoms with van der Waals surface area (Å²) in [5.74, 6) is -1.16. The molecule has 5 heteroatoms. The molecule has 0 bridgehead atoms. The van der Waals surface area contributed by atoms with Crippen molar-refractivity contribution >= 4 is 11.9 Å². The highest BCUT2D eigenvalue weighted by molar-refractivity contribution is 5.87. The zero-order valence-electron chi connectivity index (χ0n) is 9.64. The number of aromatic carboxylic acids is 1. The fourth-order valence-corrected chi connectivity index (χ4v) is 1.35. The van der Waals surface area contributed by atoms with Crippen molar-refractivity contribution in [2.45, 2.75) is 19.4 Å². The Morgan fingerprint density at radius 2 is 2.18 bits per heavy atom. The predicted octanol–water partition coefficient (Wildman–Crippen LogP) is 0.391. The van der Waals surface area contributed by atoms with E-state index < -0.39 is 12.0 Å². The predicted molar refractivity (Wildman–Crippen MR) is 63.8 cm³/mol. The lowest BCUT2D eigenvalue weighted by molar-refractivity contribution is -0.121. The highest BCUT2D eigenvalue weighted by Gasteiger charge is 2.06. The summed E-state index contributed by atoms with van der Waals surface area (Å²) < 4.78 is 0. The van der Waals surface area contributed by atoms with Gasteiger partial charge in [0.2, 0.25) is 5.91 Å². The first kappa shape index (κ1) is 13.2.